The van der Waals surface area contributed by atoms with Gasteiger partial charge in [-0.3, -0.25) is 0 Å². The zero-order valence-corrected chi connectivity index (χ0v) is 11.9. The second-order valence-corrected chi connectivity index (χ2v) is 8.03. The Morgan fingerprint density at radius 1 is 1.12 bits per heavy atom. The third-order valence-corrected chi connectivity index (χ3v) is 5.48. The van der Waals surface area contributed by atoms with Gasteiger partial charge in [-0.2, -0.15) is 4.31 Å². The minimum atomic E-state index is -3.09. The lowest BCUT2D eigenvalue weighted by Crippen LogP contribution is -2.44. The van der Waals surface area contributed by atoms with Crippen LogP contribution >= 0.6 is 0 Å². The Kier molecular flexibility index (Phi) is 4.41. The third-order valence-electron chi connectivity index (χ3n) is 3.04. The largest absolute Gasteiger partial charge is 0.216 e. The second kappa shape index (κ2) is 5.05. The Bertz CT molecular complexity index is 318. The topological polar surface area (TPSA) is 37.4 Å². The maximum absolute atomic E-state index is 12.3. The van der Waals surface area contributed by atoms with Crippen molar-refractivity contribution in [3.63, 3.8) is 0 Å². The third kappa shape index (κ3) is 3.20. The molecule has 0 aromatic heterocycles. The van der Waals surface area contributed by atoms with E-state index in [0.717, 1.165) is 19.3 Å². The van der Waals surface area contributed by atoms with E-state index in [1.807, 2.05) is 6.92 Å². The SMILES string of the molecule is CC(C)C[C@@H](C)N(C1CC1)S(=O)(=O)C(C)C. The minimum absolute atomic E-state index is 0.139. The Balaban J connectivity index is 2.83. The van der Waals surface area contributed by atoms with Crippen molar-refractivity contribution in [3.8, 4) is 0 Å². The second-order valence-electron chi connectivity index (χ2n) is 5.63. The van der Waals surface area contributed by atoms with Crippen LogP contribution in [-0.4, -0.2) is 30.1 Å². The molecule has 0 aromatic carbocycles. The molecule has 1 aliphatic rings. The molecule has 0 aromatic rings. The van der Waals surface area contributed by atoms with E-state index in [2.05, 4.69) is 13.8 Å². The molecular weight excluding hydrogens is 222 g/mol. The average Bonchev–Trinajstić information content (AvgIpc) is 2.85. The van der Waals surface area contributed by atoms with Gasteiger partial charge in [0.1, 0.15) is 0 Å². The first-order chi connectivity index (χ1) is 7.26. The van der Waals surface area contributed by atoms with Crippen LogP contribution in [-0.2, 0) is 10.0 Å². The van der Waals surface area contributed by atoms with Crippen molar-refractivity contribution in [3.05, 3.63) is 0 Å². The first-order valence-corrected chi connectivity index (χ1v) is 7.79. The molecular formula is C12H25NO2S. The number of sulfonamides is 1. The van der Waals surface area contributed by atoms with Gasteiger partial charge in [-0.15, -0.1) is 0 Å². The predicted octanol–water partition coefficient (Wildman–Crippen LogP) is 2.62. The van der Waals surface area contributed by atoms with Gasteiger partial charge in [0.15, 0.2) is 0 Å². The molecule has 0 bridgehead atoms. The van der Waals surface area contributed by atoms with Crippen LogP contribution in [0.2, 0.25) is 0 Å². The predicted molar refractivity (Wildman–Crippen MR) is 67.8 cm³/mol. The molecule has 0 N–H and O–H groups in total. The van der Waals surface area contributed by atoms with Gasteiger partial charge >= 0.3 is 0 Å². The van der Waals surface area contributed by atoms with Gasteiger partial charge in [-0.05, 0) is 46.0 Å². The van der Waals surface area contributed by atoms with Gasteiger partial charge in [0, 0.05) is 12.1 Å². The Morgan fingerprint density at radius 3 is 1.94 bits per heavy atom. The Hall–Kier alpha value is -0.0900. The summed E-state index contributed by atoms with van der Waals surface area (Å²) in [5, 5.41) is -0.303. The number of hydrogen-bond acceptors (Lipinski definition) is 2. The van der Waals surface area contributed by atoms with Crippen LogP contribution in [0.4, 0.5) is 0 Å². The Labute approximate surface area is 100 Å². The van der Waals surface area contributed by atoms with Crippen LogP contribution in [0.1, 0.15) is 53.9 Å². The highest BCUT2D eigenvalue weighted by atomic mass is 32.2. The lowest BCUT2D eigenvalue weighted by atomic mass is 10.1. The van der Waals surface area contributed by atoms with E-state index in [1.165, 1.54) is 0 Å². The maximum Gasteiger partial charge on any atom is 0.216 e. The normalized spacial score (nSPS) is 19.8. The summed E-state index contributed by atoms with van der Waals surface area (Å²) in [5.41, 5.74) is 0. The molecule has 0 unspecified atom stereocenters. The maximum atomic E-state index is 12.3. The highest BCUT2D eigenvalue weighted by molar-refractivity contribution is 7.89. The average molecular weight is 247 g/mol. The van der Waals surface area contributed by atoms with E-state index in [-0.39, 0.29) is 17.3 Å². The molecule has 3 nitrogen and oxygen atoms in total. The summed E-state index contributed by atoms with van der Waals surface area (Å²) in [5.74, 6) is 0.540. The van der Waals surface area contributed by atoms with Gasteiger partial charge < -0.3 is 0 Å². The molecule has 1 rings (SSSR count). The lowest BCUT2D eigenvalue weighted by molar-refractivity contribution is 0.288. The molecule has 0 amide bonds. The summed E-state index contributed by atoms with van der Waals surface area (Å²) in [6.07, 6.45) is 3.02. The summed E-state index contributed by atoms with van der Waals surface area (Å²) in [7, 11) is -3.09. The van der Waals surface area contributed by atoms with Gasteiger partial charge in [-0.1, -0.05) is 13.8 Å². The molecule has 1 atom stereocenters. The van der Waals surface area contributed by atoms with E-state index in [9.17, 15) is 8.42 Å². The van der Waals surface area contributed by atoms with E-state index in [0.29, 0.717) is 5.92 Å². The zero-order valence-electron chi connectivity index (χ0n) is 11.1. The van der Waals surface area contributed by atoms with Crippen molar-refractivity contribution in [1.82, 2.24) is 4.31 Å². The fraction of sp³-hybridized carbons (Fsp3) is 1.00. The van der Waals surface area contributed by atoms with Crippen LogP contribution in [0, 0.1) is 5.92 Å². The molecule has 0 radical (unpaired) electrons. The highest BCUT2D eigenvalue weighted by Gasteiger charge is 2.41. The van der Waals surface area contributed by atoms with Crippen molar-refractivity contribution < 1.29 is 8.42 Å². The quantitative estimate of drug-likeness (QED) is 0.723. The fourth-order valence-corrected chi connectivity index (χ4v) is 3.88. The minimum Gasteiger partial charge on any atom is -0.212 e. The van der Waals surface area contributed by atoms with Gasteiger partial charge in [0.05, 0.1) is 5.25 Å². The number of rotatable bonds is 6. The Morgan fingerprint density at radius 2 is 1.62 bits per heavy atom. The molecule has 4 heteroatoms. The molecule has 1 aliphatic carbocycles. The molecule has 1 saturated carbocycles. The summed E-state index contributed by atoms with van der Waals surface area (Å²) >= 11 is 0. The fourth-order valence-electron chi connectivity index (χ4n) is 2.18. The van der Waals surface area contributed by atoms with E-state index >= 15 is 0 Å². The number of hydrogen-bond donors (Lipinski definition) is 0. The zero-order chi connectivity index (χ0) is 12.5. The van der Waals surface area contributed by atoms with Crippen molar-refractivity contribution >= 4 is 10.0 Å². The molecule has 0 heterocycles. The monoisotopic (exact) mass is 247 g/mol. The lowest BCUT2D eigenvalue weighted by Gasteiger charge is -2.31. The van der Waals surface area contributed by atoms with Crippen molar-refractivity contribution in [2.24, 2.45) is 5.92 Å². The molecule has 96 valence electrons. The molecule has 1 fully saturated rings. The molecule has 16 heavy (non-hydrogen) atoms. The first kappa shape index (κ1) is 14.0. The summed E-state index contributed by atoms with van der Waals surface area (Å²) in [6, 6.07) is 0.418. The van der Waals surface area contributed by atoms with E-state index in [1.54, 1.807) is 18.2 Å². The highest BCUT2D eigenvalue weighted by Crippen LogP contribution is 2.34. The summed E-state index contributed by atoms with van der Waals surface area (Å²) < 4.78 is 26.3. The smallest absolute Gasteiger partial charge is 0.212 e. The first-order valence-electron chi connectivity index (χ1n) is 6.29. The standard InChI is InChI=1S/C12H25NO2S/c1-9(2)8-11(5)13(12-6-7-12)16(14,15)10(3)4/h9-12H,6-8H2,1-5H3/t11-/m1/s1. The summed E-state index contributed by atoms with van der Waals surface area (Å²) in [6.45, 7) is 9.87. The summed E-state index contributed by atoms with van der Waals surface area (Å²) in [4.78, 5) is 0. The van der Waals surface area contributed by atoms with Crippen LogP contribution in [0.25, 0.3) is 0 Å². The van der Waals surface area contributed by atoms with Gasteiger partial charge in [0.25, 0.3) is 0 Å². The molecule has 0 saturated heterocycles. The van der Waals surface area contributed by atoms with Crippen molar-refractivity contribution in [1.29, 1.82) is 0 Å². The van der Waals surface area contributed by atoms with E-state index in [4.69, 9.17) is 0 Å². The van der Waals surface area contributed by atoms with Gasteiger partial charge in [-0.25, -0.2) is 8.42 Å². The van der Waals surface area contributed by atoms with Crippen LogP contribution < -0.4 is 0 Å². The number of nitrogens with zero attached hydrogens (tertiary/aromatic N) is 1. The molecule has 0 aliphatic heterocycles. The van der Waals surface area contributed by atoms with E-state index < -0.39 is 10.0 Å². The van der Waals surface area contributed by atoms with Crippen LogP contribution in [0.5, 0.6) is 0 Å². The molecule has 0 spiro atoms. The van der Waals surface area contributed by atoms with Gasteiger partial charge in [0.2, 0.25) is 10.0 Å². The van der Waals surface area contributed by atoms with Crippen LogP contribution in [0.3, 0.4) is 0 Å². The van der Waals surface area contributed by atoms with Crippen LogP contribution in [0.15, 0.2) is 0 Å². The van der Waals surface area contributed by atoms with Crippen molar-refractivity contribution in [2.45, 2.75) is 71.2 Å². The van der Waals surface area contributed by atoms with Crippen molar-refractivity contribution in [2.75, 3.05) is 0 Å².